The standard InChI is InChI=1S/C13H17NS2/c1-7-5-12(16-9(7)3)13(14)11-6-8(2)15-10(11)4/h5-6,13H,14H2,1-4H3. The lowest BCUT2D eigenvalue weighted by Gasteiger charge is -2.08. The molecular formula is C13H17NS2. The molecule has 0 aromatic carbocycles. The Morgan fingerprint density at radius 1 is 1.00 bits per heavy atom. The van der Waals surface area contributed by atoms with Crippen LogP contribution in [0.25, 0.3) is 0 Å². The van der Waals surface area contributed by atoms with E-state index in [1.807, 2.05) is 22.7 Å². The van der Waals surface area contributed by atoms with E-state index in [4.69, 9.17) is 5.73 Å². The van der Waals surface area contributed by atoms with Crippen molar-refractivity contribution in [1.82, 2.24) is 0 Å². The Kier molecular flexibility index (Phi) is 3.19. The minimum absolute atomic E-state index is 0.0438. The summed E-state index contributed by atoms with van der Waals surface area (Å²) >= 11 is 3.64. The number of hydrogen-bond acceptors (Lipinski definition) is 3. The molecule has 2 rings (SSSR count). The van der Waals surface area contributed by atoms with Crippen LogP contribution in [0.4, 0.5) is 0 Å². The van der Waals surface area contributed by atoms with Crippen LogP contribution >= 0.6 is 22.7 Å². The molecule has 0 aliphatic heterocycles. The van der Waals surface area contributed by atoms with E-state index in [0.29, 0.717) is 0 Å². The zero-order valence-electron chi connectivity index (χ0n) is 10.1. The smallest absolute Gasteiger partial charge is 0.0657 e. The molecule has 0 bridgehead atoms. The molecule has 2 aromatic heterocycles. The van der Waals surface area contributed by atoms with E-state index in [1.54, 1.807) is 0 Å². The Bertz CT molecular complexity index is 488. The fraction of sp³-hybridized carbons (Fsp3) is 0.385. The maximum atomic E-state index is 6.33. The molecule has 2 aromatic rings. The Labute approximate surface area is 105 Å². The lowest BCUT2D eigenvalue weighted by atomic mass is 10.1. The van der Waals surface area contributed by atoms with Crippen molar-refractivity contribution in [3.63, 3.8) is 0 Å². The maximum Gasteiger partial charge on any atom is 0.0657 e. The molecule has 0 saturated carbocycles. The van der Waals surface area contributed by atoms with Gasteiger partial charge in [-0.25, -0.2) is 0 Å². The zero-order valence-corrected chi connectivity index (χ0v) is 11.8. The summed E-state index contributed by atoms with van der Waals surface area (Å²) in [5.41, 5.74) is 8.96. The summed E-state index contributed by atoms with van der Waals surface area (Å²) in [5.74, 6) is 0. The molecule has 86 valence electrons. The van der Waals surface area contributed by atoms with Crippen LogP contribution in [0.3, 0.4) is 0 Å². The molecule has 1 unspecified atom stereocenters. The molecule has 0 aliphatic carbocycles. The van der Waals surface area contributed by atoms with Crippen LogP contribution in [0.5, 0.6) is 0 Å². The van der Waals surface area contributed by atoms with Crippen molar-refractivity contribution < 1.29 is 0 Å². The number of thiophene rings is 2. The van der Waals surface area contributed by atoms with Crippen LogP contribution in [-0.2, 0) is 0 Å². The first-order valence-electron chi connectivity index (χ1n) is 5.38. The minimum atomic E-state index is 0.0438. The van der Waals surface area contributed by atoms with Gasteiger partial charge in [-0.3, -0.25) is 0 Å². The molecule has 2 N–H and O–H groups in total. The zero-order chi connectivity index (χ0) is 11.9. The van der Waals surface area contributed by atoms with Crippen LogP contribution in [0.2, 0.25) is 0 Å². The predicted molar refractivity (Wildman–Crippen MR) is 73.6 cm³/mol. The van der Waals surface area contributed by atoms with Gasteiger partial charge in [-0.15, -0.1) is 22.7 Å². The molecule has 0 spiro atoms. The van der Waals surface area contributed by atoms with E-state index < -0.39 is 0 Å². The van der Waals surface area contributed by atoms with Crippen LogP contribution < -0.4 is 5.73 Å². The quantitative estimate of drug-likeness (QED) is 0.854. The van der Waals surface area contributed by atoms with Crippen molar-refractivity contribution in [3.8, 4) is 0 Å². The average Bonchev–Trinajstić information content (AvgIpc) is 2.70. The number of hydrogen-bond donors (Lipinski definition) is 1. The van der Waals surface area contributed by atoms with E-state index in [9.17, 15) is 0 Å². The Morgan fingerprint density at radius 2 is 1.69 bits per heavy atom. The van der Waals surface area contributed by atoms with E-state index >= 15 is 0 Å². The number of aryl methyl sites for hydroxylation is 4. The maximum absolute atomic E-state index is 6.33. The molecule has 0 saturated heterocycles. The van der Waals surface area contributed by atoms with Crippen molar-refractivity contribution >= 4 is 22.7 Å². The SMILES string of the molecule is Cc1cc(C(N)c2cc(C)c(C)s2)c(C)s1. The van der Waals surface area contributed by atoms with Gasteiger partial charge in [-0.05, 0) is 51.0 Å². The summed E-state index contributed by atoms with van der Waals surface area (Å²) < 4.78 is 0. The highest BCUT2D eigenvalue weighted by Crippen LogP contribution is 2.33. The second-order valence-electron chi connectivity index (χ2n) is 4.23. The highest BCUT2D eigenvalue weighted by atomic mass is 32.1. The van der Waals surface area contributed by atoms with Crippen molar-refractivity contribution in [2.24, 2.45) is 5.73 Å². The van der Waals surface area contributed by atoms with E-state index in [2.05, 4.69) is 39.8 Å². The second-order valence-corrected chi connectivity index (χ2v) is 6.98. The summed E-state index contributed by atoms with van der Waals surface area (Å²) in [6.07, 6.45) is 0. The average molecular weight is 251 g/mol. The molecule has 1 atom stereocenters. The van der Waals surface area contributed by atoms with Crippen molar-refractivity contribution in [2.45, 2.75) is 33.7 Å². The summed E-state index contributed by atoms with van der Waals surface area (Å²) in [5, 5.41) is 0. The molecule has 0 aliphatic rings. The number of nitrogens with two attached hydrogens (primary N) is 1. The highest BCUT2D eigenvalue weighted by molar-refractivity contribution is 7.12. The third kappa shape index (κ3) is 2.08. The molecule has 16 heavy (non-hydrogen) atoms. The predicted octanol–water partition coefficient (Wildman–Crippen LogP) is 4.09. The van der Waals surface area contributed by atoms with Crippen LogP contribution in [-0.4, -0.2) is 0 Å². The van der Waals surface area contributed by atoms with Gasteiger partial charge in [-0.2, -0.15) is 0 Å². The molecule has 3 heteroatoms. The largest absolute Gasteiger partial charge is 0.320 e. The normalized spacial score (nSPS) is 13.1. The van der Waals surface area contributed by atoms with Crippen molar-refractivity contribution in [3.05, 3.63) is 42.8 Å². The summed E-state index contributed by atoms with van der Waals surface area (Å²) in [6.45, 7) is 8.59. The van der Waals surface area contributed by atoms with Crippen LogP contribution in [0.15, 0.2) is 12.1 Å². The van der Waals surface area contributed by atoms with Gasteiger partial charge in [0.2, 0.25) is 0 Å². The topological polar surface area (TPSA) is 26.0 Å². The molecule has 1 nitrogen and oxygen atoms in total. The second kappa shape index (κ2) is 4.32. The first-order valence-corrected chi connectivity index (χ1v) is 7.01. The summed E-state index contributed by atoms with van der Waals surface area (Å²) in [6, 6.07) is 4.48. The molecule has 0 amide bonds. The Balaban J connectivity index is 2.38. The van der Waals surface area contributed by atoms with Gasteiger partial charge in [0.1, 0.15) is 0 Å². The van der Waals surface area contributed by atoms with Crippen LogP contribution in [0, 0.1) is 27.7 Å². The van der Waals surface area contributed by atoms with E-state index in [-0.39, 0.29) is 6.04 Å². The van der Waals surface area contributed by atoms with Crippen molar-refractivity contribution in [2.75, 3.05) is 0 Å². The van der Waals surface area contributed by atoms with Gasteiger partial charge >= 0.3 is 0 Å². The third-order valence-corrected chi connectivity index (χ3v) is 5.12. The molecule has 2 heterocycles. The molecule has 0 radical (unpaired) electrons. The first-order chi connectivity index (χ1) is 7.49. The third-order valence-electron chi connectivity index (χ3n) is 2.91. The molecular weight excluding hydrogens is 234 g/mol. The fourth-order valence-electron chi connectivity index (χ4n) is 1.87. The number of rotatable bonds is 2. The minimum Gasteiger partial charge on any atom is -0.320 e. The van der Waals surface area contributed by atoms with Gasteiger partial charge in [0.25, 0.3) is 0 Å². The van der Waals surface area contributed by atoms with Gasteiger partial charge in [0.15, 0.2) is 0 Å². The van der Waals surface area contributed by atoms with Gasteiger partial charge in [-0.1, -0.05) is 0 Å². The van der Waals surface area contributed by atoms with E-state index in [1.165, 1.54) is 30.6 Å². The molecule has 0 fully saturated rings. The first kappa shape index (κ1) is 11.8. The Morgan fingerprint density at radius 3 is 2.12 bits per heavy atom. The van der Waals surface area contributed by atoms with Gasteiger partial charge in [0, 0.05) is 19.5 Å². The van der Waals surface area contributed by atoms with Crippen molar-refractivity contribution in [1.29, 1.82) is 0 Å². The lowest BCUT2D eigenvalue weighted by Crippen LogP contribution is -2.10. The van der Waals surface area contributed by atoms with Gasteiger partial charge < -0.3 is 5.73 Å². The van der Waals surface area contributed by atoms with E-state index in [0.717, 1.165) is 0 Å². The van der Waals surface area contributed by atoms with Crippen LogP contribution in [0.1, 0.15) is 36.7 Å². The highest BCUT2D eigenvalue weighted by Gasteiger charge is 2.16. The fourth-order valence-corrected chi connectivity index (χ4v) is 3.90. The summed E-state index contributed by atoms with van der Waals surface area (Å²) in [4.78, 5) is 5.33. The Hall–Kier alpha value is -0.640. The summed E-state index contributed by atoms with van der Waals surface area (Å²) in [7, 11) is 0. The van der Waals surface area contributed by atoms with Gasteiger partial charge in [0.05, 0.1) is 6.04 Å². The monoisotopic (exact) mass is 251 g/mol. The lowest BCUT2D eigenvalue weighted by molar-refractivity contribution is 0.889.